The van der Waals surface area contributed by atoms with Crippen LogP contribution in [0.1, 0.15) is 40.0 Å². The van der Waals surface area contributed by atoms with Crippen LogP contribution in [0.25, 0.3) is 0 Å². The van der Waals surface area contributed by atoms with Gasteiger partial charge in [0.05, 0.1) is 19.1 Å². The fourth-order valence-corrected chi connectivity index (χ4v) is 2.10. The molecule has 1 heterocycles. The lowest BCUT2D eigenvalue weighted by Crippen LogP contribution is -2.42. The molecular formula is C13H22N2O4. The molecule has 6 nitrogen and oxygen atoms in total. The molecule has 1 aliphatic rings. The summed E-state index contributed by atoms with van der Waals surface area (Å²) in [5.41, 5.74) is 0. The molecule has 19 heavy (non-hydrogen) atoms. The third-order valence-corrected chi connectivity index (χ3v) is 2.95. The van der Waals surface area contributed by atoms with Crippen LogP contribution in [-0.2, 0) is 19.1 Å². The Bertz CT molecular complexity index is 355. The molecule has 1 atom stereocenters. The Balaban J connectivity index is 2.29. The minimum Gasteiger partial charge on any atom is -0.466 e. The molecule has 0 spiro atoms. The molecule has 1 unspecified atom stereocenters. The molecule has 0 aromatic rings. The highest BCUT2D eigenvalue weighted by Gasteiger charge is 2.39. The standard InChI is InChI=1S/C13H22N2O4/c1-4-19-12(17)6-5-7-14-10-8-11(16)15(9(2)3)13(10)18/h9-10,14H,4-8H2,1-3H3. The molecular weight excluding hydrogens is 248 g/mol. The van der Waals surface area contributed by atoms with Gasteiger partial charge in [-0.05, 0) is 33.7 Å². The van der Waals surface area contributed by atoms with E-state index < -0.39 is 6.04 Å². The summed E-state index contributed by atoms with van der Waals surface area (Å²) in [6.07, 6.45) is 1.12. The van der Waals surface area contributed by atoms with E-state index in [9.17, 15) is 14.4 Å². The monoisotopic (exact) mass is 270 g/mol. The molecule has 6 heteroatoms. The normalized spacial score (nSPS) is 19.4. The molecule has 0 radical (unpaired) electrons. The Hall–Kier alpha value is -1.43. The second-order valence-corrected chi connectivity index (χ2v) is 4.82. The number of imide groups is 1. The van der Waals surface area contributed by atoms with Crippen molar-refractivity contribution < 1.29 is 19.1 Å². The fraction of sp³-hybridized carbons (Fsp3) is 0.769. The number of likely N-dealkylation sites (tertiary alicyclic amines) is 1. The summed E-state index contributed by atoms with van der Waals surface area (Å²) in [6.45, 7) is 6.30. The molecule has 0 bridgehead atoms. The Morgan fingerprint density at radius 1 is 1.47 bits per heavy atom. The topological polar surface area (TPSA) is 75.7 Å². The SMILES string of the molecule is CCOC(=O)CCCNC1CC(=O)N(C(C)C)C1=O. The molecule has 0 aliphatic carbocycles. The summed E-state index contributed by atoms with van der Waals surface area (Å²) in [7, 11) is 0. The molecule has 1 fully saturated rings. The first-order valence-corrected chi connectivity index (χ1v) is 6.72. The average Bonchev–Trinajstić information content (AvgIpc) is 2.60. The van der Waals surface area contributed by atoms with Crippen molar-refractivity contribution in [1.29, 1.82) is 0 Å². The van der Waals surface area contributed by atoms with Gasteiger partial charge in [0.15, 0.2) is 0 Å². The van der Waals surface area contributed by atoms with Crippen LogP contribution in [0, 0.1) is 0 Å². The molecule has 0 saturated carbocycles. The van der Waals surface area contributed by atoms with E-state index >= 15 is 0 Å². The third-order valence-electron chi connectivity index (χ3n) is 2.95. The summed E-state index contributed by atoms with van der Waals surface area (Å²) < 4.78 is 4.80. The maximum Gasteiger partial charge on any atom is 0.305 e. The van der Waals surface area contributed by atoms with Crippen LogP contribution in [0.5, 0.6) is 0 Å². The van der Waals surface area contributed by atoms with Gasteiger partial charge in [-0.3, -0.25) is 19.3 Å². The van der Waals surface area contributed by atoms with E-state index in [0.717, 1.165) is 0 Å². The zero-order valence-electron chi connectivity index (χ0n) is 11.8. The lowest BCUT2D eigenvalue weighted by atomic mass is 10.2. The van der Waals surface area contributed by atoms with Crippen LogP contribution < -0.4 is 5.32 Å². The van der Waals surface area contributed by atoms with Crippen molar-refractivity contribution in [2.75, 3.05) is 13.2 Å². The lowest BCUT2D eigenvalue weighted by Gasteiger charge is -2.19. The second kappa shape index (κ2) is 7.23. The van der Waals surface area contributed by atoms with E-state index in [4.69, 9.17) is 4.74 Å². The largest absolute Gasteiger partial charge is 0.466 e. The quantitative estimate of drug-likeness (QED) is 0.413. The van der Waals surface area contributed by atoms with Gasteiger partial charge >= 0.3 is 5.97 Å². The Kier molecular flexibility index (Phi) is 5.95. The van der Waals surface area contributed by atoms with E-state index in [-0.39, 0.29) is 30.2 Å². The van der Waals surface area contributed by atoms with Gasteiger partial charge in [0.25, 0.3) is 0 Å². The number of hydrogen-bond acceptors (Lipinski definition) is 5. The Morgan fingerprint density at radius 3 is 2.68 bits per heavy atom. The van der Waals surface area contributed by atoms with Gasteiger partial charge in [0, 0.05) is 12.5 Å². The van der Waals surface area contributed by atoms with Crippen molar-refractivity contribution in [2.45, 2.75) is 52.1 Å². The number of hydrogen-bond donors (Lipinski definition) is 1. The molecule has 0 aromatic carbocycles. The maximum absolute atomic E-state index is 11.9. The van der Waals surface area contributed by atoms with Crippen molar-refractivity contribution in [3.05, 3.63) is 0 Å². The van der Waals surface area contributed by atoms with Crippen LogP contribution in [-0.4, -0.2) is 47.9 Å². The van der Waals surface area contributed by atoms with Crippen LogP contribution in [0.2, 0.25) is 0 Å². The van der Waals surface area contributed by atoms with E-state index in [2.05, 4.69) is 5.32 Å². The Labute approximate surface area is 113 Å². The van der Waals surface area contributed by atoms with E-state index in [1.807, 2.05) is 13.8 Å². The van der Waals surface area contributed by atoms with Crippen molar-refractivity contribution in [1.82, 2.24) is 10.2 Å². The first kappa shape index (κ1) is 15.6. The van der Waals surface area contributed by atoms with E-state index in [1.165, 1.54) is 4.90 Å². The number of nitrogens with one attached hydrogen (secondary N) is 1. The van der Waals surface area contributed by atoms with E-state index in [0.29, 0.717) is 26.0 Å². The van der Waals surface area contributed by atoms with Crippen molar-refractivity contribution in [3.63, 3.8) is 0 Å². The first-order valence-electron chi connectivity index (χ1n) is 6.72. The minimum absolute atomic E-state index is 0.105. The summed E-state index contributed by atoms with van der Waals surface area (Å²) in [5.74, 6) is -0.541. The number of carbonyl (C=O) groups is 3. The van der Waals surface area contributed by atoms with Crippen LogP contribution in [0.3, 0.4) is 0 Å². The first-order chi connectivity index (χ1) is 8.97. The van der Waals surface area contributed by atoms with Crippen molar-refractivity contribution >= 4 is 17.8 Å². The number of amides is 2. The summed E-state index contributed by atoms with van der Waals surface area (Å²) in [6, 6.07) is -0.552. The predicted molar refractivity (Wildman–Crippen MR) is 69.3 cm³/mol. The van der Waals surface area contributed by atoms with Crippen molar-refractivity contribution in [3.8, 4) is 0 Å². The minimum atomic E-state index is -0.447. The van der Waals surface area contributed by atoms with Gasteiger partial charge in [0.1, 0.15) is 0 Å². The second-order valence-electron chi connectivity index (χ2n) is 4.82. The molecule has 1 saturated heterocycles. The Morgan fingerprint density at radius 2 is 2.16 bits per heavy atom. The van der Waals surface area contributed by atoms with Gasteiger partial charge in [-0.25, -0.2) is 0 Å². The number of rotatable bonds is 7. The lowest BCUT2D eigenvalue weighted by molar-refractivity contribution is -0.143. The van der Waals surface area contributed by atoms with Gasteiger partial charge in [0.2, 0.25) is 11.8 Å². The number of esters is 1. The highest BCUT2D eigenvalue weighted by atomic mass is 16.5. The maximum atomic E-state index is 11.9. The molecule has 2 amide bonds. The number of ether oxygens (including phenoxy) is 1. The summed E-state index contributed by atoms with van der Waals surface area (Å²) in [4.78, 5) is 36.0. The predicted octanol–water partition coefficient (Wildman–Crippen LogP) is 0.455. The molecule has 1 aliphatic heterocycles. The van der Waals surface area contributed by atoms with Gasteiger partial charge in [-0.1, -0.05) is 0 Å². The van der Waals surface area contributed by atoms with Gasteiger partial charge < -0.3 is 10.1 Å². The van der Waals surface area contributed by atoms with Crippen LogP contribution in [0.15, 0.2) is 0 Å². The average molecular weight is 270 g/mol. The summed E-state index contributed by atoms with van der Waals surface area (Å²) >= 11 is 0. The summed E-state index contributed by atoms with van der Waals surface area (Å²) in [5, 5.41) is 3.02. The van der Waals surface area contributed by atoms with E-state index in [1.54, 1.807) is 6.92 Å². The molecule has 1 N–H and O–H groups in total. The van der Waals surface area contributed by atoms with Crippen molar-refractivity contribution in [2.24, 2.45) is 0 Å². The molecule has 0 aromatic heterocycles. The smallest absolute Gasteiger partial charge is 0.305 e. The highest BCUT2D eigenvalue weighted by Crippen LogP contribution is 2.16. The zero-order valence-corrected chi connectivity index (χ0v) is 11.8. The zero-order chi connectivity index (χ0) is 14.4. The molecule has 108 valence electrons. The van der Waals surface area contributed by atoms with Crippen LogP contribution in [0.4, 0.5) is 0 Å². The number of nitrogens with zero attached hydrogens (tertiary/aromatic N) is 1. The van der Waals surface area contributed by atoms with Gasteiger partial charge in [-0.15, -0.1) is 0 Å². The third kappa shape index (κ3) is 4.31. The van der Waals surface area contributed by atoms with Crippen LogP contribution >= 0.6 is 0 Å². The number of carbonyl (C=O) groups excluding carboxylic acids is 3. The molecule has 1 rings (SSSR count). The highest BCUT2D eigenvalue weighted by molar-refractivity contribution is 6.05. The van der Waals surface area contributed by atoms with Gasteiger partial charge in [-0.2, -0.15) is 0 Å². The fourth-order valence-electron chi connectivity index (χ4n) is 2.10.